The highest BCUT2D eigenvalue weighted by molar-refractivity contribution is 14.1. The zero-order valence-electron chi connectivity index (χ0n) is 10.4. The molecule has 0 atom stereocenters. The van der Waals surface area contributed by atoms with Gasteiger partial charge in [0.1, 0.15) is 5.82 Å². The Labute approximate surface area is 141 Å². The van der Waals surface area contributed by atoms with Crippen LogP contribution in [0.4, 0.5) is 23.7 Å². The first kappa shape index (κ1) is 17.6. The van der Waals surface area contributed by atoms with Crippen molar-refractivity contribution < 1.29 is 31.5 Å². The molecule has 122 valence electrons. The highest BCUT2D eigenvalue weighted by Gasteiger charge is 2.52. The van der Waals surface area contributed by atoms with E-state index < -0.39 is 51.8 Å². The van der Waals surface area contributed by atoms with Crippen molar-refractivity contribution in [2.45, 2.75) is 5.92 Å². The van der Waals surface area contributed by atoms with E-state index in [2.05, 4.69) is 0 Å². The van der Waals surface area contributed by atoms with E-state index in [0.717, 1.165) is 12.1 Å². The molecule has 22 heavy (non-hydrogen) atoms. The molecule has 1 heterocycles. The predicted molar refractivity (Wildman–Crippen MR) is 80.1 cm³/mol. The second-order valence-corrected chi connectivity index (χ2v) is 7.61. The number of nitrogens with zero attached hydrogens (tertiary/aromatic N) is 2. The number of anilines is 1. The number of amides is 1. The molecular formula is C10H7ClF3IN2O4S. The molecule has 1 saturated heterocycles. The number of rotatable bonds is 3. The van der Waals surface area contributed by atoms with Crippen molar-refractivity contribution in [3.8, 4) is 0 Å². The molecule has 1 aromatic carbocycles. The highest BCUT2D eigenvalue weighted by atomic mass is 127. The second kappa shape index (κ2) is 5.69. The Morgan fingerprint density at radius 1 is 1.41 bits per heavy atom. The lowest BCUT2D eigenvalue weighted by atomic mass is 10.2. The van der Waals surface area contributed by atoms with Gasteiger partial charge in [0.05, 0.1) is 27.4 Å². The lowest BCUT2D eigenvalue weighted by Crippen LogP contribution is -2.62. The maximum atomic E-state index is 13.3. The van der Waals surface area contributed by atoms with Crippen LogP contribution in [-0.4, -0.2) is 42.9 Å². The first-order valence-corrected chi connectivity index (χ1v) is 8.37. The van der Waals surface area contributed by atoms with Gasteiger partial charge in [0.15, 0.2) is 0 Å². The average molecular weight is 471 g/mol. The molecule has 12 heteroatoms. The Kier molecular flexibility index (Phi) is 4.54. The molecule has 1 N–H and O–H groups in total. The standard InChI is InChI=1S/C10H7ClF3IN2O4S/c11-7-6(2-1-5(12)8(7)15)17(9(18)19)22(20,21)16-3-10(13,14)4-16/h1-2H,3-4H2,(H,18,19). The number of carboxylic acid groups (broad SMARTS) is 1. The van der Waals surface area contributed by atoms with E-state index in [4.69, 9.17) is 16.7 Å². The summed E-state index contributed by atoms with van der Waals surface area (Å²) in [4.78, 5) is 11.3. The molecule has 6 nitrogen and oxygen atoms in total. The van der Waals surface area contributed by atoms with Gasteiger partial charge in [-0.1, -0.05) is 11.6 Å². The maximum absolute atomic E-state index is 13.3. The van der Waals surface area contributed by atoms with Crippen molar-refractivity contribution in [1.29, 1.82) is 0 Å². The van der Waals surface area contributed by atoms with Crippen LogP contribution in [0.15, 0.2) is 12.1 Å². The SMILES string of the molecule is O=C(O)N(c1ccc(F)c(I)c1Cl)S(=O)(=O)N1CC(F)(F)C1. The zero-order chi connectivity index (χ0) is 16.9. The summed E-state index contributed by atoms with van der Waals surface area (Å²) in [6.45, 7) is -2.26. The molecule has 0 aromatic heterocycles. The Morgan fingerprint density at radius 3 is 2.41 bits per heavy atom. The fraction of sp³-hybridized carbons (Fsp3) is 0.300. The second-order valence-electron chi connectivity index (χ2n) is 4.37. The molecule has 1 aliphatic heterocycles. The van der Waals surface area contributed by atoms with E-state index in [1.165, 1.54) is 22.6 Å². The highest BCUT2D eigenvalue weighted by Crippen LogP contribution is 2.37. The van der Waals surface area contributed by atoms with Gasteiger partial charge in [-0.15, -0.1) is 0 Å². The molecule has 1 fully saturated rings. The van der Waals surface area contributed by atoms with Crippen molar-refractivity contribution in [1.82, 2.24) is 4.31 Å². The summed E-state index contributed by atoms with van der Waals surface area (Å²) in [7, 11) is -4.76. The molecule has 2 rings (SSSR count). The van der Waals surface area contributed by atoms with E-state index >= 15 is 0 Å². The van der Waals surface area contributed by atoms with Crippen LogP contribution in [0.25, 0.3) is 0 Å². The third-order valence-corrected chi connectivity index (χ3v) is 6.26. The summed E-state index contributed by atoms with van der Waals surface area (Å²) in [5.41, 5.74) is -0.532. The van der Waals surface area contributed by atoms with Crippen LogP contribution in [0.3, 0.4) is 0 Å². The minimum absolute atomic E-state index is 0.147. The molecule has 1 amide bonds. The predicted octanol–water partition coefficient (Wildman–Crippen LogP) is 2.76. The van der Waals surface area contributed by atoms with E-state index in [1.807, 2.05) is 0 Å². The largest absolute Gasteiger partial charge is 0.464 e. The van der Waals surface area contributed by atoms with Gasteiger partial charge < -0.3 is 5.11 Å². The van der Waals surface area contributed by atoms with Crippen LogP contribution in [-0.2, 0) is 10.2 Å². The lowest BCUT2D eigenvalue weighted by Gasteiger charge is -2.39. The molecule has 0 unspecified atom stereocenters. The molecule has 0 saturated carbocycles. The number of carbonyl (C=O) groups is 1. The Bertz CT molecular complexity index is 738. The van der Waals surface area contributed by atoms with E-state index in [-0.39, 0.29) is 7.88 Å². The summed E-state index contributed by atoms with van der Waals surface area (Å²) >= 11 is 7.25. The van der Waals surface area contributed by atoms with Gasteiger partial charge in [-0.05, 0) is 34.7 Å². The van der Waals surface area contributed by atoms with Gasteiger partial charge >= 0.3 is 16.3 Å². The van der Waals surface area contributed by atoms with Gasteiger partial charge in [-0.25, -0.2) is 18.0 Å². The Hall–Kier alpha value is -0.790. The lowest BCUT2D eigenvalue weighted by molar-refractivity contribution is -0.0945. The van der Waals surface area contributed by atoms with Gasteiger partial charge in [0, 0.05) is 0 Å². The third kappa shape index (κ3) is 2.98. The normalized spacial score (nSPS) is 17.9. The smallest absolute Gasteiger partial charge is 0.426 e. The summed E-state index contributed by atoms with van der Waals surface area (Å²) in [6, 6.07) is 1.68. The zero-order valence-corrected chi connectivity index (χ0v) is 14.2. The monoisotopic (exact) mass is 470 g/mol. The quantitative estimate of drug-likeness (QED) is 0.544. The van der Waals surface area contributed by atoms with Crippen LogP contribution in [0.1, 0.15) is 0 Å². The van der Waals surface area contributed by atoms with Gasteiger partial charge in [-0.3, -0.25) is 0 Å². The van der Waals surface area contributed by atoms with Crippen LogP contribution < -0.4 is 4.31 Å². The summed E-state index contributed by atoms with van der Waals surface area (Å²) in [5.74, 6) is -3.98. The molecule has 0 aliphatic carbocycles. The minimum Gasteiger partial charge on any atom is -0.464 e. The molecule has 1 aromatic rings. The first-order valence-electron chi connectivity index (χ1n) is 5.52. The van der Waals surface area contributed by atoms with E-state index in [9.17, 15) is 26.4 Å². The number of halogens is 5. The Morgan fingerprint density at radius 2 is 1.95 bits per heavy atom. The number of benzene rings is 1. The van der Waals surface area contributed by atoms with E-state index in [1.54, 1.807) is 0 Å². The van der Waals surface area contributed by atoms with Crippen LogP contribution in [0.5, 0.6) is 0 Å². The third-order valence-electron chi connectivity index (χ3n) is 2.78. The summed E-state index contributed by atoms with van der Waals surface area (Å²) < 4.78 is 63.3. The van der Waals surface area contributed by atoms with E-state index in [0.29, 0.717) is 4.31 Å². The fourth-order valence-electron chi connectivity index (χ4n) is 1.75. The van der Waals surface area contributed by atoms with Gasteiger partial charge in [0.25, 0.3) is 5.92 Å². The average Bonchev–Trinajstić information content (AvgIpc) is 2.35. The van der Waals surface area contributed by atoms with Crippen LogP contribution in [0, 0.1) is 9.39 Å². The topological polar surface area (TPSA) is 77.9 Å². The van der Waals surface area contributed by atoms with Gasteiger partial charge in [-0.2, -0.15) is 17.0 Å². The fourth-order valence-corrected chi connectivity index (χ4v) is 4.02. The summed E-state index contributed by atoms with van der Waals surface area (Å²) in [5, 5.41) is 8.68. The number of hydrogen-bond donors (Lipinski definition) is 1. The van der Waals surface area contributed by atoms with Crippen molar-refractivity contribution in [3.05, 3.63) is 26.5 Å². The van der Waals surface area contributed by atoms with Gasteiger partial charge in [0.2, 0.25) is 0 Å². The maximum Gasteiger partial charge on any atom is 0.426 e. The molecular weight excluding hydrogens is 464 g/mol. The van der Waals surface area contributed by atoms with Crippen LogP contribution in [0.2, 0.25) is 5.02 Å². The van der Waals surface area contributed by atoms with Crippen molar-refractivity contribution in [2.75, 3.05) is 17.4 Å². The molecule has 0 bridgehead atoms. The van der Waals surface area contributed by atoms with Crippen molar-refractivity contribution in [3.63, 3.8) is 0 Å². The van der Waals surface area contributed by atoms with Crippen molar-refractivity contribution >= 4 is 56.2 Å². The van der Waals surface area contributed by atoms with Crippen LogP contribution >= 0.6 is 34.2 Å². The first-order chi connectivity index (χ1) is 9.97. The number of hydrogen-bond acceptors (Lipinski definition) is 3. The number of alkyl halides is 2. The molecule has 1 aliphatic rings. The minimum atomic E-state index is -4.76. The molecule has 0 radical (unpaired) electrons. The Balaban J connectivity index is 2.49. The molecule has 0 spiro atoms. The van der Waals surface area contributed by atoms with Crippen molar-refractivity contribution in [2.24, 2.45) is 0 Å². The summed E-state index contributed by atoms with van der Waals surface area (Å²) in [6.07, 6.45) is -1.94.